The molecule has 0 bridgehead atoms. The summed E-state index contributed by atoms with van der Waals surface area (Å²) < 4.78 is 64.3. The molecule has 0 spiro atoms. The predicted molar refractivity (Wildman–Crippen MR) is 159 cm³/mol. The van der Waals surface area contributed by atoms with Crippen molar-refractivity contribution >= 4 is 29.5 Å². The van der Waals surface area contributed by atoms with Crippen molar-refractivity contribution in [2.75, 3.05) is 0 Å². The molecule has 0 radical (unpaired) electrons. The molecule has 0 aliphatic carbocycles. The SMILES string of the molecule is CC(C)=O.CC(C)c1cccc(C(C)C)c1-n1n[n+](-c2c(C(C)C)cccc2C(C)C)cc1Br.F[P-](F)(F)(F)(F)F. The number of nitrogens with zero attached hydrogens (tertiary/aromatic N) is 3. The zero-order valence-electron chi connectivity index (χ0n) is 25.2. The quantitative estimate of drug-likeness (QED) is 0.149. The number of ketones is 1. The van der Waals surface area contributed by atoms with Crippen LogP contribution in [0.5, 0.6) is 0 Å². The summed E-state index contributed by atoms with van der Waals surface area (Å²) in [6.07, 6.45) is 2.11. The number of benzene rings is 2. The van der Waals surface area contributed by atoms with E-state index in [1.807, 2.05) is 0 Å². The second kappa shape index (κ2) is 12.9. The van der Waals surface area contributed by atoms with Crippen LogP contribution in [0.25, 0.3) is 11.4 Å². The van der Waals surface area contributed by atoms with Crippen molar-refractivity contribution in [2.24, 2.45) is 0 Å². The molecule has 3 rings (SSSR count). The molecule has 2 aromatic carbocycles. The second-order valence-corrected chi connectivity index (χ2v) is 14.0. The summed E-state index contributed by atoms with van der Waals surface area (Å²) in [4.78, 5) is 9.44. The molecular weight excluding hydrogens is 631 g/mol. The topological polar surface area (TPSA) is 38.8 Å². The maximum atomic E-state index is 9.87. The van der Waals surface area contributed by atoms with Gasteiger partial charge in [0.15, 0.2) is 17.6 Å². The van der Waals surface area contributed by atoms with Gasteiger partial charge in [0.05, 0.1) is 0 Å². The van der Waals surface area contributed by atoms with Crippen LogP contribution in [-0.2, 0) is 4.79 Å². The van der Waals surface area contributed by atoms with Crippen molar-refractivity contribution in [1.82, 2.24) is 9.90 Å². The van der Waals surface area contributed by atoms with E-state index < -0.39 is 7.81 Å². The van der Waals surface area contributed by atoms with Gasteiger partial charge in [0.1, 0.15) is 11.0 Å². The van der Waals surface area contributed by atoms with E-state index >= 15 is 0 Å². The van der Waals surface area contributed by atoms with Crippen LogP contribution in [0, 0.1) is 0 Å². The molecule has 0 unspecified atom stereocenters. The number of carbonyl (C=O) groups is 1. The number of carbonyl (C=O) groups excluding carboxylic acids is 1. The molecule has 0 saturated carbocycles. The first-order valence-electron chi connectivity index (χ1n) is 13.3. The van der Waals surface area contributed by atoms with Crippen LogP contribution >= 0.6 is 23.7 Å². The van der Waals surface area contributed by atoms with E-state index in [1.54, 1.807) is 0 Å². The zero-order chi connectivity index (χ0) is 32.1. The van der Waals surface area contributed by atoms with E-state index in [4.69, 9.17) is 5.21 Å². The summed E-state index contributed by atoms with van der Waals surface area (Å²) in [5.74, 6) is 1.84. The van der Waals surface area contributed by atoms with Gasteiger partial charge in [0, 0.05) is 38.2 Å². The number of halogens is 7. The molecule has 0 saturated heterocycles. The summed E-state index contributed by atoms with van der Waals surface area (Å²) in [6, 6.07) is 13.3. The predicted octanol–water partition coefficient (Wildman–Crippen LogP) is 11.4. The Labute approximate surface area is 247 Å². The summed E-state index contributed by atoms with van der Waals surface area (Å²) >= 11 is 3.82. The van der Waals surface area contributed by atoms with Crippen LogP contribution in [0.4, 0.5) is 25.2 Å². The van der Waals surface area contributed by atoms with Crippen molar-refractivity contribution in [3.8, 4) is 11.4 Å². The maximum absolute atomic E-state index is 10.7. The van der Waals surface area contributed by atoms with E-state index in [9.17, 15) is 30.0 Å². The van der Waals surface area contributed by atoms with Crippen molar-refractivity contribution in [1.29, 1.82) is 0 Å². The molecule has 1 aromatic heterocycles. The summed E-state index contributed by atoms with van der Waals surface area (Å²) in [5.41, 5.74) is 7.68. The molecule has 3 aromatic rings. The molecule has 0 aliphatic heterocycles. The number of Topliss-reactive ketones (excluding diaryl/α,β-unsaturated/α-hetero) is 1. The Bertz CT molecular complexity index is 1280. The first-order valence-corrected chi connectivity index (χ1v) is 16.1. The number of hydrogen-bond acceptors (Lipinski definition) is 2. The Morgan fingerprint density at radius 1 is 0.732 bits per heavy atom. The Hall–Kier alpha value is -2.26. The van der Waals surface area contributed by atoms with Crippen LogP contribution in [0.15, 0.2) is 47.2 Å². The monoisotopic (exact) mass is 671 g/mol. The van der Waals surface area contributed by atoms with Gasteiger partial charge in [-0.15, -0.1) is 0 Å². The van der Waals surface area contributed by atoms with Crippen LogP contribution in [0.2, 0.25) is 0 Å². The van der Waals surface area contributed by atoms with Crippen molar-refractivity contribution in [3.63, 3.8) is 0 Å². The molecule has 0 N–H and O–H groups in total. The van der Waals surface area contributed by atoms with Gasteiger partial charge in [-0.25, -0.2) is 0 Å². The molecule has 232 valence electrons. The summed E-state index contributed by atoms with van der Waals surface area (Å²) in [5, 5.41) is 5.11. The molecule has 12 heteroatoms. The molecule has 41 heavy (non-hydrogen) atoms. The Morgan fingerprint density at radius 2 is 1.02 bits per heavy atom. The van der Waals surface area contributed by atoms with Crippen molar-refractivity contribution in [2.45, 2.75) is 92.9 Å². The van der Waals surface area contributed by atoms with Crippen LogP contribution in [0.3, 0.4) is 0 Å². The van der Waals surface area contributed by atoms with Gasteiger partial charge in [-0.2, -0.15) is 0 Å². The fraction of sp³-hybridized carbons (Fsp3) is 0.483. The van der Waals surface area contributed by atoms with Gasteiger partial charge < -0.3 is 4.79 Å². The normalized spacial score (nSPS) is 13.4. The molecule has 0 amide bonds. The van der Waals surface area contributed by atoms with Gasteiger partial charge in [0.25, 0.3) is 0 Å². The Kier molecular flexibility index (Phi) is 11.6. The van der Waals surface area contributed by atoms with Gasteiger partial charge in [-0.1, -0.05) is 101 Å². The van der Waals surface area contributed by atoms with Crippen molar-refractivity contribution < 1.29 is 34.7 Å². The second-order valence-electron chi connectivity index (χ2n) is 11.3. The Morgan fingerprint density at radius 3 is 1.32 bits per heavy atom. The average molecular weight is 673 g/mol. The van der Waals surface area contributed by atoms with E-state index in [-0.39, 0.29) is 5.78 Å². The van der Waals surface area contributed by atoms with Gasteiger partial charge in [-0.05, 0) is 37.5 Å². The van der Waals surface area contributed by atoms with E-state index in [2.05, 4.69) is 123 Å². The van der Waals surface area contributed by atoms with Crippen LogP contribution < -0.4 is 4.68 Å². The molecule has 0 atom stereocenters. The van der Waals surface area contributed by atoms with E-state index in [1.165, 1.54) is 47.5 Å². The molecule has 4 nitrogen and oxygen atoms in total. The third kappa shape index (κ3) is 12.6. The third-order valence-corrected chi connectivity index (χ3v) is 6.28. The van der Waals surface area contributed by atoms with E-state index in [0.29, 0.717) is 23.7 Å². The molecular formula is C29H41BrF6N3OP. The summed E-state index contributed by atoms with van der Waals surface area (Å²) in [7, 11) is -10.7. The van der Waals surface area contributed by atoms with Gasteiger partial charge in [0.2, 0.25) is 4.60 Å². The number of aromatic nitrogens is 3. The third-order valence-electron chi connectivity index (χ3n) is 5.74. The number of rotatable bonds is 6. The Balaban J connectivity index is 0.000000649. The van der Waals surface area contributed by atoms with E-state index in [0.717, 1.165) is 4.60 Å². The minimum atomic E-state index is -10.7. The average Bonchev–Trinajstić information content (AvgIpc) is 3.16. The molecule has 0 aliphatic rings. The first-order chi connectivity index (χ1) is 18.3. The van der Waals surface area contributed by atoms with Crippen LogP contribution in [0.1, 0.15) is 115 Å². The van der Waals surface area contributed by atoms with Crippen LogP contribution in [-0.4, -0.2) is 15.7 Å². The fourth-order valence-electron chi connectivity index (χ4n) is 4.11. The summed E-state index contributed by atoms with van der Waals surface area (Å²) in [6.45, 7) is 21.1. The number of para-hydroxylation sites is 2. The molecule has 1 heterocycles. The first kappa shape index (κ1) is 36.8. The fourth-order valence-corrected chi connectivity index (χ4v) is 4.56. The zero-order valence-corrected chi connectivity index (χ0v) is 27.7. The van der Waals surface area contributed by atoms with Gasteiger partial charge in [-0.3, -0.25) is 0 Å². The molecule has 0 fully saturated rings. The minimum absolute atomic E-state index is 0.167. The number of hydrogen-bond donors (Lipinski definition) is 0. The van der Waals surface area contributed by atoms with Gasteiger partial charge >= 0.3 is 33.0 Å². The van der Waals surface area contributed by atoms with Crippen molar-refractivity contribution in [3.05, 3.63) is 69.5 Å². The standard InChI is InChI=1S/C26H35BrN3.C3H6O.F6P/c1-16(2)20-11-9-12-21(17(3)4)25(20)29-15-24(27)30(28-29)26-22(18(5)6)13-10-14-23(26)19(7)8;1-3(2)4;1-7(2,3,4,5)6/h9-19H,1-8H3;1-2H3;/q+1;;-1.